The van der Waals surface area contributed by atoms with Crippen LogP contribution >= 0.6 is 23.4 Å². The van der Waals surface area contributed by atoms with Crippen molar-refractivity contribution in [2.75, 3.05) is 40.4 Å². The first-order chi connectivity index (χ1) is 16.6. The molecule has 3 aromatic rings. The van der Waals surface area contributed by atoms with Gasteiger partial charge in [-0.05, 0) is 65.6 Å². The lowest BCUT2D eigenvalue weighted by Gasteiger charge is -2.38. The largest absolute Gasteiger partial charge is 0.493 e. The summed E-state index contributed by atoms with van der Waals surface area (Å²) in [6.07, 6.45) is 2.86. The number of hydrogen-bond donors (Lipinski definition) is 0. The van der Waals surface area contributed by atoms with E-state index in [1.807, 2.05) is 42.2 Å². The fourth-order valence-electron chi connectivity index (χ4n) is 4.64. The minimum atomic E-state index is 0.334. The summed E-state index contributed by atoms with van der Waals surface area (Å²) in [5.74, 6) is 1.43. The Bertz CT molecular complexity index is 1190. The molecule has 0 radical (unpaired) electrons. The molecule has 0 bridgehead atoms. The molecule has 0 saturated carbocycles. The second-order valence-corrected chi connectivity index (χ2v) is 9.98. The van der Waals surface area contributed by atoms with Crippen LogP contribution in [0.5, 0.6) is 11.5 Å². The fraction of sp³-hybridized carbons (Fsp3) is 0.296. The van der Waals surface area contributed by atoms with Gasteiger partial charge in [0.15, 0.2) is 11.5 Å². The summed E-state index contributed by atoms with van der Waals surface area (Å²) in [5, 5.41) is 7.69. The molecule has 2 aliphatic rings. The average molecular weight is 494 g/mol. The normalized spacial score (nSPS) is 18.3. The molecule has 0 N–H and O–H groups in total. The Morgan fingerprint density at radius 1 is 0.912 bits per heavy atom. The van der Waals surface area contributed by atoms with Gasteiger partial charge in [0.25, 0.3) is 0 Å². The monoisotopic (exact) mass is 493 g/mol. The van der Waals surface area contributed by atoms with Crippen LogP contribution in [0.15, 0.2) is 75.6 Å². The van der Waals surface area contributed by atoms with Crippen LogP contribution in [0.3, 0.4) is 0 Å². The lowest BCUT2D eigenvalue weighted by molar-refractivity contribution is 0.0970. The first-order valence-corrected chi connectivity index (χ1v) is 12.6. The van der Waals surface area contributed by atoms with Crippen molar-refractivity contribution in [3.05, 3.63) is 82.4 Å². The summed E-state index contributed by atoms with van der Waals surface area (Å²) in [7, 11) is 3.29. The van der Waals surface area contributed by atoms with Gasteiger partial charge in [-0.1, -0.05) is 41.6 Å². The number of halogens is 1. The zero-order valence-electron chi connectivity index (χ0n) is 19.4. The molecule has 34 heavy (non-hydrogen) atoms. The highest BCUT2D eigenvalue weighted by atomic mass is 35.5. The van der Waals surface area contributed by atoms with Crippen LogP contribution in [-0.4, -0.2) is 56.5 Å². The third-order valence-corrected chi connectivity index (χ3v) is 7.89. The van der Waals surface area contributed by atoms with Crippen LogP contribution in [0, 0.1) is 0 Å². The number of ether oxygens (including phenoxy) is 2. The molecule has 7 heteroatoms. The van der Waals surface area contributed by atoms with Gasteiger partial charge in [-0.15, -0.1) is 0 Å². The zero-order chi connectivity index (χ0) is 23.5. The maximum Gasteiger partial charge on any atom is 0.161 e. The topological polar surface area (TPSA) is 37.3 Å². The second kappa shape index (κ2) is 10.3. The van der Waals surface area contributed by atoms with E-state index in [0.29, 0.717) is 11.8 Å². The Morgan fingerprint density at radius 3 is 2.50 bits per heavy atom. The van der Waals surface area contributed by atoms with Crippen molar-refractivity contribution in [3.63, 3.8) is 0 Å². The molecule has 0 aliphatic carbocycles. The van der Waals surface area contributed by atoms with Crippen LogP contribution < -0.4 is 9.47 Å². The number of nitrogens with zero attached hydrogens (tertiary/aromatic N) is 3. The van der Waals surface area contributed by atoms with Gasteiger partial charge < -0.3 is 9.47 Å². The minimum absolute atomic E-state index is 0.334. The molecule has 1 atom stereocenters. The molecule has 5 rings (SSSR count). The quantitative estimate of drug-likeness (QED) is 0.422. The van der Waals surface area contributed by atoms with E-state index in [1.54, 1.807) is 14.2 Å². The highest BCUT2D eigenvalue weighted by Crippen LogP contribution is 2.43. The van der Waals surface area contributed by atoms with Crippen molar-refractivity contribution in [1.29, 1.82) is 0 Å². The molecule has 2 aliphatic heterocycles. The molecule has 1 saturated heterocycles. The van der Waals surface area contributed by atoms with Crippen molar-refractivity contribution in [3.8, 4) is 11.5 Å². The third kappa shape index (κ3) is 4.90. The van der Waals surface area contributed by atoms with E-state index in [4.69, 9.17) is 26.2 Å². The van der Waals surface area contributed by atoms with Crippen LogP contribution in [-0.2, 0) is 6.42 Å². The summed E-state index contributed by atoms with van der Waals surface area (Å²) in [4.78, 5) is 5.23. The van der Waals surface area contributed by atoms with E-state index in [9.17, 15) is 0 Å². The molecule has 176 valence electrons. The minimum Gasteiger partial charge on any atom is -0.493 e. The van der Waals surface area contributed by atoms with Crippen molar-refractivity contribution in [2.24, 2.45) is 5.10 Å². The van der Waals surface area contributed by atoms with E-state index >= 15 is 0 Å². The summed E-state index contributed by atoms with van der Waals surface area (Å²) < 4.78 is 10.7. The molecule has 1 fully saturated rings. The van der Waals surface area contributed by atoms with Gasteiger partial charge in [0.2, 0.25) is 0 Å². The number of methoxy groups -OCH3 is 2. The first-order valence-electron chi connectivity index (χ1n) is 11.4. The third-order valence-electron chi connectivity index (χ3n) is 6.44. The van der Waals surface area contributed by atoms with Crippen molar-refractivity contribution in [1.82, 2.24) is 9.91 Å². The van der Waals surface area contributed by atoms with Gasteiger partial charge in [-0.3, -0.25) is 9.91 Å². The zero-order valence-corrected chi connectivity index (χ0v) is 21.0. The molecule has 0 amide bonds. The van der Waals surface area contributed by atoms with Gasteiger partial charge >= 0.3 is 0 Å². The predicted molar refractivity (Wildman–Crippen MR) is 139 cm³/mol. The smallest absolute Gasteiger partial charge is 0.161 e. The maximum absolute atomic E-state index is 6.35. The Labute approximate surface area is 210 Å². The Hall–Kier alpha value is -2.67. The van der Waals surface area contributed by atoms with E-state index < -0.39 is 0 Å². The van der Waals surface area contributed by atoms with E-state index in [1.165, 1.54) is 20.9 Å². The van der Waals surface area contributed by atoms with Gasteiger partial charge in [0, 0.05) is 47.0 Å². The number of fused-ring (bicyclic) bond motifs is 2. The van der Waals surface area contributed by atoms with Crippen molar-refractivity contribution < 1.29 is 9.47 Å². The standard InChI is InChI=1S/C27H28ClN3O2S/c1-32-24-9-7-19(15-25(24)33-2)18-29-31-13-11-30(12-14-31)23-17-20-16-21(28)8-10-26(20)34-27-6-4-3-5-22(23)27/h3-10,15-16,18,23H,11-14,17H2,1-2H3/b29-18+. The van der Waals surface area contributed by atoms with Crippen LogP contribution in [0.4, 0.5) is 0 Å². The van der Waals surface area contributed by atoms with Gasteiger partial charge in [0.1, 0.15) is 0 Å². The number of piperazine rings is 1. The number of benzene rings is 3. The summed E-state index contributed by atoms with van der Waals surface area (Å²) in [6, 6.07) is 21.3. The summed E-state index contributed by atoms with van der Waals surface area (Å²) in [5.41, 5.74) is 3.72. The van der Waals surface area contributed by atoms with E-state index in [-0.39, 0.29) is 0 Å². The van der Waals surface area contributed by atoms with Crippen LogP contribution in [0.25, 0.3) is 0 Å². The lowest BCUT2D eigenvalue weighted by Crippen LogP contribution is -2.46. The summed E-state index contributed by atoms with van der Waals surface area (Å²) >= 11 is 8.21. The summed E-state index contributed by atoms with van der Waals surface area (Å²) in [6.45, 7) is 3.70. The molecule has 3 aromatic carbocycles. The van der Waals surface area contributed by atoms with E-state index in [2.05, 4.69) is 46.3 Å². The molecular formula is C27H28ClN3O2S. The van der Waals surface area contributed by atoms with Crippen LogP contribution in [0.1, 0.15) is 22.7 Å². The number of hydrogen-bond acceptors (Lipinski definition) is 6. The molecule has 2 heterocycles. The Balaban J connectivity index is 1.30. The Kier molecular flexibility index (Phi) is 6.99. The second-order valence-electron chi connectivity index (χ2n) is 8.46. The fourth-order valence-corrected chi connectivity index (χ4v) is 5.95. The highest BCUT2D eigenvalue weighted by Gasteiger charge is 2.29. The van der Waals surface area contributed by atoms with Gasteiger partial charge in [0.05, 0.1) is 20.4 Å². The van der Waals surface area contributed by atoms with Crippen molar-refractivity contribution >= 4 is 29.6 Å². The van der Waals surface area contributed by atoms with Crippen molar-refractivity contribution in [2.45, 2.75) is 22.3 Å². The van der Waals surface area contributed by atoms with Crippen LogP contribution in [0.2, 0.25) is 5.02 Å². The SMILES string of the molecule is COc1ccc(/C=N/N2CCN(C3Cc4cc(Cl)ccc4Sc4ccccc43)CC2)cc1OC. The van der Waals surface area contributed by atoms with Gasteiger partial charge in [-0.2, -0.15) is 5.10 Å². The maximum atomic E-state index is 6.35. The lowest BCUT2D eigenvalue weighted by atomic mass is 9.97. The molecule has 1 unspecified atom stereocenters. The molecule has 5 nitrogen and oxygen atoms in total. The van der Waals surface area contributed by atoms with E-state index in [0.717, 1.165) is 48.9 Å². The molecular weight excluding hydrogens is 466 g/mol. The predicted octanol–water partition coefficient (Wildman–Crippen LogP) is 5.76. The highest BCUT2D eigenvalue weighted by molar-refractivity contribution is 7.99. The Morgan fingerprint density at radius 2 is 1.71 bits per heavy atom. The molecule has 0 spiro atoms. The van der Waals surface area contributed by atoms with Gasteiger partial charge in [-0.25, -0.2) is 0 Å². The molecule has 0 aromatic heterocycles. The number of hydrazone groups is 1. The number of rotatable bonds is 5. The average Bonchev–Trinajstić information content (AvgIpc) is 3.04. The first kappa shape index (κ1) is 23.1.